The second-order valence-corrected chi connectivity index (χ2v) is 6.76. The fourth-order valence-corrected chi connectivity index (χ4v) is 2.78. The first kappa shape index (κ1) is 13.0. The summed E-state index contributed by atoms with van der Waals surface area (Å²) in [4.78, 5) is 1.34. The van der Waals surface area contributed by atoms with Crippen molar-refractivity contribution in [2.75, 3.05) is 6.54 Å². The van der Waals surface area contributed by atoms with Crippen LogP contribution in [0.4, 0.5) is 0 Å². The molecule has 0 amide bonds. The molecule has 1 unspecified atom stereocenters. The Bertz CT molecular complexity index is 301. The van der Waals surface area contributed by atoms with Crippen LogP contribution < -0.4 is 5.32 Å². The highest BCUT2D eigenvalue weighted by atomic mass is 35.5. The molecule has 0 aromatic carbocycles. The summed E-state index contributed by atoms with van der Waals surface area (Å²) in [5, 5.41) is 3.52. The molecule has 0 spiro atoms. The van der Waals surface area contributed by atoms with Crippen molar-refractivity contribution in [2.24, 2.45) is 5.41 Å². The molecule has 0 saturated heterocycles. The van der Waals surface area contributed by atoms with Crippen molar-refractivity contribution in [3.63, 3.8) is 0 Å². The third-order valence-electron chi connectivity index (χ3n) is 2.20. The molecule has 15 heavy (non-hydrogen) atoms. The zero-order chi connectivity index (χ0) is 11.5. The van der Waals surface area contributed by atoms with E-state index in [0.29, 0.717) is 11.5 Å². The van der Waals surface area contributed by atoms with Crippen molar-refractivity contribution in [1.82, 2.24) is 5.32 Å². The van der Waals surface area contributed by atoms with Crippen LogP contribution in [0.15, 0.2) is 12.1 Å². The zero-order valence-corrected chi connectivity index (χ0v) is 11.5. The maximum atomic E-state index is 5.97. The molecule has 1 aromatic heterocycles. The highest BCUT2D eigenvalue weighted by Gasteiger charge is 2.20. The predicted octanol–water partition coefficient (Wildman–Crippen LogP) is 4.49. The van der Waals surface area contributed by atoms with Crippen LogP contribution >= 0.6 is 22.9 Å². The van der Waals surface area contributed by atoms with Gasteiger partial charge in [-0.15, -0.1) is 11.3 Å². The van der Waals surface area contributed by atoms with Crippen LogP contribution in [0.25, 0.3) is 0 Å². The first-order chi connectivity index (χ1) is 6.92. The maximum absolute atomic E-state index is 5.97. The Balaban J connectivity index is 2.74. The van der Waals surface area contributed by atoms with Crippen molar-refractivity contribution < 1.29 is 0 Å². The van der Waals surface area contributed by atoms with Gasteiger partial charge in [0.2, 0.25) is 0 Å². The molecule has 3 heteroatoms. The van der Waals surface area contributed by atoms with E-state index in [1.54, 1.807) is 11.3 Å². The Hall–Kier alpha value is -0.0500. The minimum atomic E-state index is 0.337. The van der Waals surface area contributed by atoms with Crippen LogP contribution in [0.2, 0.25) is 4.34 Å². The monoisotopic (exact) mass is 245 g/mol. The van der Waals surface area contributed by atoms with Crippen LogP contribution in [0.5, 0.6) is 0 Å². The summed E-state index contributed by atoms with van der Waals surface area (Å²) >= 11 is 7.65. The normalized spacial score (nSPS) is 14.2. The molecule has 1 rings (SSSR count). The molecule has 0 aliphatic carbocycles. The van der Waals surface area contributed by atoms with E-state index in [2.05, 4.69) is 39.1 Å². The summed E-state index contributed by atoms with van der Waals surface area (Å²) in [5.41, 5.74) is 0.337. The lowest BCUT2D eigenvalue weighted by molar-refractivity contribution is 0.316. The number of halogens is 1. The number of rotatable bonds is 4. The predicted molar refractivity (Wildman–Crippen MR) is 69.8 cm³/mol. The topological polar surface area (TPSA) is 12.0 Å². The molecule has 1 heterocycles. The van der Waals surface area contributed by atoms with Crippen molar-refractivity contribution in [3.8, 4) is 0 Å². The molecule has 0 aliphatic heterocycles. The minimum Gasteiger partial charge on any atom is -0.310 e. The Labute approximate surface area is 102 Å². The van der Waals surface area contributed by atoms with E-state index in [9.17, 15) is 0 Å². The third kappa shape index (κ3) is 4.54. The minimum absolute atomic E-state index is 0.337. The molecule has 0 saturated carbocycles. The van der Waals surface area contributed by atoms with Gasteiger partial charge < -0.3 is 5.32 Å². The fourth-order valence-electron chi connectivity index (χ4n) is 1.65. The molecule has 1 N–H and O–H groups in total. The molecule has 0 radical (unpaired) electrons. The van der Waals surface area contributed by atoms with Crippen molar-refractivity contribution in [3.05, 3.63) is 21.3 Å². The van der Waals surface area contributed by atoms with Gasteiger partial charge in [-0.1, -0.05) is 39.3 Å². The lowest BCUT2D eigenvalue weighted by Gasteiger charge is -2.25. The molecule has 0 bridgehead atoms. The van der Waals surface area contributed by atoms with Gasteiger partial charge >= 0.3 is 0 Å². The van der Waals surface area contributed by atoms with E-state index >= 15 is 0 Å². The summed E-state index contributed by atoms with van der Waals surface area (Å²) in [6, 6.07) is 4.55. The van der Waals surface area contributed by atoms with Gasteiger partial charge in [-0.2, -0.15) is 0 Å². The first-order valence-electron chi connectivity index (χ1n) is 5.41. The van der Waals surface area contributed by atoms with Gasteiger partial charge in [-0.25, -0.2) is 0 Å². The summed E-state index contributed by atoms with van der Waals surface area (Å²) in [6.45, 7) is 9.95. The third-order valence-corrected chi connectivity index (χ3v) is 3.55. The number of nitrogens with one attached hydrogen (secondary N) is 1. The molecule has 1 nitrogen and oxygen atoms in total. The Morgan fingerprint density at radius 3 is 2.47 bits per heavy atom. The van der Waals surface area contributed by atoms with Gasteiger partial charge in [0.1, 0.15) is 0 Å². The molecule has 0 aliphatic rings. The summed E-state index contributed by atoms with van der Waals surface area (Å²) in [6.07, 6.45) is 1.14. The van der Waals surface area contributed by atoms with Crippen LogP contribution in [0.1, 0.15) is 45.0 Å². The molecule has 1 aromatic rings. The van der Waals surface area contributed by atoms with Crippen LogP contribution in [-0.2, 0) is 0 Å². The summed E-state index contributed by atoms with van der Waals surface area (Å²) in [5.74, 6) is 0. The van der Waals surface area contributed by atoms with Crippen LogP contribution in [0.3, 0.4) is 0 Å². The van der Waals surface area contributed by atoms with Gasteiger partial charge in [0.25, 0.3) is 0 Å². The lowest BCUT2D eigenvalue weighted by atomic mass is 9.87. The van der Waals surface area contributed by atoms with E-state index in [0.717, 1.165) is 17.3 Å². The average molecular weight is 246 g/mol. The van der Waals surface area contributed by atoms with Crippen molar-refractivity contribution in [1.29, 1.82) is 0 Å². The molecule has 1 atom stereocenters. The molecule has 0 fully saturated rings. The van der Waals surface area contributed by atoms with Crippen LogP contribution in [0, 0.1) is 5.41 Å². The van der Waals surface area contributed by atoms with Crippen molar-refractivity contribution in [2.45, 2.75) is 40.2 Å². The molecule has 86 valence electrons. The van der Waals surface area contributed by atoms with Crippen molar-refractivity contribution >= 4 is 22.9 Å². The fraction of sp³-hybridized carbons (Fsp3) is 0.667. The Morgan fingerprint density at radius 1 is 1.40 bits per heavy atom. The highest BCUT2D eigenvalue weighted by molar-refractivity contribution is 7.16. The number of thiophene rings is 1. The lowest BCUT2D eigenvalue weighted by Crippen LogP contribution is -2.24. The van der Waals surface area contributed by atoms with Gasteiger partial charge in [-0.05, 0) is 30.5 Å². The average Bonchev–Trinajstić information content (AvgIpc) is 2.48. The second kappa shape index (κ2) is 5.33. The molecular weight excluding hydrogens is 226 g/mol. The second-order valence-electron chi connectivity index (χ2n) is 5.02. The molecular formula is C12H20ClNS. The maximum Gasteiger partial charge on any atom is 0.0931 e. The van der Waals surface area contributed by atoms with E-state index < -0.39 is 0 Å². The standard InChI is InChI=1S/C12H20ClNS/c1-5-14-9(8-12(2,3)4)10-6-7-11(13)15-10/h6-7,9,14H,5,8H2,1-4H3. The SMILES string of the molecule is CCNC(CC(C)(C)C)c1ccc(Cl)s1. The van der Waals surface area contributed by atoms with E-state index in [1.165, 1.54) is 4.88 Å². The van der Waals surface area contributed by atoms with E-state index in [1.807, 2.05) is 6.07 Å². The summed E-state index contributed by atoms with van der Waals surface area (Å²) in [7, 11) is 0. The van der Waals surface area contributed by atoms with E-state index in [-0.39, 0.29) is 0 Å². The quantitative estimate of drug-likeness (QED) is 0.824. The van der Waals surface area contributed by atoms with Gasteiger partial charge in [0, 0.05) is 10.9 Å². The Kier molecular flexibility index (Phi) is 4.63. The Morgan fingerprint density at radius 2 is 2.07 bits per heavy atom. The number of hydrogen-bond acceptors (Lipinski definition) is 2. The smallest absolute Gasteiger partial charge is 0.0931 e. The van der Waals surface area contributed by atoms with Gasteiger partial charge in [-0.3, -0.25) is 0 Å². The largest absolute Gasteiger partial charge is 0.310 e. The van der Waals surface area contributed by atoms with Gasteiger partial charge in [0.15, 0.2) is 0 Å². The first-order valence-corrected chi connectivity index (χ1v) is 6.60. The van der Waals surface area contributed by atoms with Gasteiger partial charge in [0.05, 0.1) is 4.34 Å². The van der Waals surface area contributed by atoms with Crippen LogP contribution in [-0.4, -0.2) is 6.54 Å². The zero-order valence-electron chi connectivity index (χ0n) is 9.93. The number of hydrogen-bond donors (Lipinski definition) is 1. The summed E-state index contributed by atoms with van der Waals surface area (Å²) < 4.78 is 0.877. The van der Waals surface area contributed by atoms with E-state index in [4.69, 9.17) is 11.6 Å². The highest BCUT2D eigenvalue weighted by Crippen LogP contribution is 2.34.